The van der Waals surface area contributed by atoms with Crippen molar-refractivity contribution in [2.24, 2.45) is 0 Å². The van der Waals surface area contributed by atoms with Gasteiger partial charge in [-0.3, -0.25) is 0 Å². The van der Waals surface area contributed by atoms with Crippen LogP contribution in [-0.4, -0.2) is 20.5 Å². The van der Waals surface area contributed by atoms with Gasteiger partial charge >= 0.3 is 0 Å². The summed E-state index contributed by atoms with van der Waals surface area (Å²) in [6.45, 7) is 4.19. The molecule has 78 valence electrons. The Bertz CT molecular complexity index is 279. The molecule has 0 fully saturated rings. The standard InChI is InChI=1S/C12H18O2/c1-9-6-5-7-11(8-9)10(2)12(13-3)14-4/h5-8,10,12H,1-4H3. The summed E-state index contributed by atoms with van der Waals surface area (Å²) in [5, 5.41) is 0. The van der Waals surface area contributed by atoms with E-state index in [2.05, 4.69) is 38.1 Å². The van der Waals surface area contributed by atoms with E-state index in [0.29, 0.717) is 0 Å². The van der Waals surface area contributed by atoms with Crippen molar-refractivity contribution in [3.05, 3.63) is 35.4 Å². The second-order valence-electron chi connectivity index (χ2n) is 3.54. The Morgan fingerprint density at radius 2 is 1.79 bits per heavy atom. The first-order chi connectivity index (χ1) is 6.69. The number of ether oxygens (including phenoxy) is 2. The normalized spacial score (nSPS) is 13.2. The van der Waals surface area contributed by atoms with Crippen molar-refractivity contribution in [3.8, 4) is 0 Å². The molecule has 0 radical (unpaired) electrons. The lowest BCUT2D eigenvalue weighted by Gasteiger charge is -2.21. The molecule has 0 bridgehead atoms. The van der Waals surface area contributed by atoms with Gasteiger partial charge in [0, 0.05) is 20.1 Å². The minimum absolute atomic E-state index is 0.170. The number of benzene rings is 1. The molecule has 1 aromatic carbocycles. The van der Waals surface area contributed by atoms with Gasteiger partial charge in [-0.15, -0.1) is 0 Å². The number of hydrogen-bond donors (Lipinski definition) is 0. The van der Waals surface area contributed by atoms with Crippen LogP contribution in [0.25, 0.3) is 0 Å². The van der Waals surface area contributed by atoms with Crippen LogP contribution in [0.1, 0.15) is 24.0 Å². The van der Waals surface area contributed by atoms with E-state index in [9.17, 15) is 0 Å². The molecule has 0 saturated heterocycles. The van der Waals surface area contributed by atoms with Crippen molar-refractivity contribution >= 4 is 0 Å². The number of methoxy groups -OCH3 is 2. The molecule has 1 rings (SSSR count). The Morgan fingerprint density at radius 3 is 2.29 bits per heavy atom. The molecule has 0 aliphatic heterocycles. The largest absolute Gasteiger partial charge is 0.355 e. The monoisotopic (exact) mass is 194 g/mol. The van der Waals surface area contributed by atoms with Crippen LogP contribution < -0.4 is 0 Å². The average Bonchev–Trinajstić information content (AvgIpc) is 2.19. The predicted octanol–water partition coefficient (Wildman–Crippen LogP) is 2.72. The van der Waals surface area contributed by atoms with Crippen LogP contribution >= 0.6 is 0 Å². The van der Waals surface area contributed by atoms with Gasteiger partial charge in [-0.2, -0.15) is 0 Å². The Labute approximate surface area is 85.8 Å². The molecule has 0 spiro atoms. The molecule has 0 heterocycles. The third-order valence-corrected chi connectivity index (χ3v) is 2.44. The number of aryl methyl sites for hydroxylation is 1. The fourth-order valence-electron chi connectivity index (χ4n) is 1.61. The maximum Gasteiger partial charge on any atom is 0.163 e. The Kier molecular flexibility index (Phi) is 4.11. The Morgan fingerprint density at radius 1 is 1.14 bits per heavy atom. The molecule has 0 aliphatic rings. The predicted molar refractivity (Wildman–Crippen MR) is 57.4 cm³/mol. The van der Waals surface area contributed by atoms with Gasteiger partial charge in [-0.25, -0.2) is 0 Å². The smallest absolute Gasteiger partial charge is 0.163 e. The second kappa shape index (κ2) is 5.13. The van der Waals surface area contributed by atoms with Crippen molar-refractivity contribution in [1.82, 2.24) is 0 Å². The lowest BCUT2D eigenvalue weighted by molar-refractivity contribution is -0.115. The molecule has 0 amide bonds. The molecule has 0 aromatic heterocycles. The zero-order valence-electron chi connectivity index (χ0n) is 9.28. The zero-order chi connectivity index (χ0) is 10.6. The molecule has 0 aliphatic carbocycles. The molecular weight excluding hydrogens is 176 g/mol. The lowest BCUT2D eigenvalue weighted by atomic mass is 9.99. The molecule has 2 heteroatoms. The molecule has 0 N–H and O–H groups in total. The van der Waals surface area contributed by atoms with Crippen LogP contribution in [0.5, 0.6) is 0 Å². The van der Waals surface area contributed by atoms with E-state index in [1.807, 2.05) is 0 Å². The number of hydrogen-bond acceptors (Lipinski definition) is 2. The molecule has 1 aromatic rings. The van der Waals surface area contributed by atoms with E-state index in [4.69, 9.17) is 9.47 Å². The molecule has 1 atom stereocenters. The average molecular weight is 194 g/mol. The summed E-state index contributed by atoms with van der Waals surface area (Å²) in [6.07, 6.45) is -0.170. The summed E-state index contributed by atoms with van der Waals surface area (Å²) in [7, 11) is 3.33. The van der Waals surface area contributed by atoms with Crippen molar-refractivity contribution in [2.75, 3.05) is 14.2 Å². The quantitative estimate of drug-likeness (QED) is 0.686. The van der Waals surface area contributed by atoms with E-state index in [0.717, 1.165) is 0 Å². The zero-order valence-corrected chi connectivity index (χ0v) is 9.28. The van der Waals surface area contributed by atoms with Crippen LogP contribution in [0.2, 0.25) is 0 Å². The first kappa shape index (κ1) is 11.2. The van der Waals surface area contributed by atoms with Gasteiger partial charge in [0.25, 0.3) is 0 Å². The molecular formula is C12H18O2. The summed E-state index contributed by atoms with van der Waals surface area (Å²) in [4.78, 5) is 0. The first-order valence-corrected chi connectivity index (χ1v) is 4.81. The van der Waals surface area contributed by atoms with Crippen LogP contribution in [0.3, 0.4) is 0 Å². The highest BCUT2D eigenvalue weighted by molar-refractivity contribution is 5.25. The minimum Gasteiger partial charge on any atom is -0.355 e. The summed E-state index contributed by atoms with van der Waals surface area (Å²) < 4.78 is 10.5. The third kappa shape index (κ3) is 2.56. The van der Waals surface area contributed by atoms with Crippen LogP contribution in [0, 0.1) is 6.92 Å². The van der Waals surface area contributed by atoms with E-state index in [-0.39, 0.29) is 12.2 Å². The Balaban J connectivity index is 2.82. The SMILES string of the molecule is COC(OC)C(C)c1cccc(C)c1. The summed E-state index contributed by atoms with van der Waals surface area (Å²) in [5.74, 6) is 0.255. The van der Waals surface area contributed by atoms with Crippen molar-refractivity contribution in [3.63, 3.8) is 0 Å². The second-order valence-corrected chi connectivity index (χ2v) is 3.54. The molecule has 14 heavy (non-hydrogen) atoms. The van der Waals surface area contributed by atoms with Gasteiger partial charge in [0.05, 0.1) is 0 Å². The van der Waals surface area contributed by atoms with Gasteiger partial charge in [0.1, 0.15) is 0 Å². The molecule has 0 saturated carbocycles. The van der Waals surface area contributed by atoms with Crippen molar-refractivity contribution in [1.29, 1.82) is 0 Å². The maximum absolute atomic E-state index is 5.23. The fourth-order valence-corrected chi connectivity index (χ4v) is 1.61. The third-order valence-electron chi connectivity index (χ3n) is 2.44. The summed E-state index contributed by atoms with van der Waals surface area (Å²) in [5.41, 5.74) is 2.51. The van der Waals surface area contributed by atoms with Crippen molar-refractivity contribution < 1.29 is 9.47 Å². The first-order valence-electron chi connectivity index (χ1n) is 4.81. The lowest BCUT2D eigenvalue weighted by Crippen LogP contribution is -2.20. The van der Waals surface area contributed by atoms with E-state index < -0.39 is 0 Å². The van der Waals surface area contributed by atoms with Gasteiger partial charge in [0.2, 0.25) is 0 Å². The summed E-state index contributed by atoms with van der Waals surface area (Å²) >= 11 is 0. The van der Waals surface area contributed by atoms with Crippen molar-refractivity contribution in [2.45, 2.75) is 26.1 Å². The highest BCUT2D eigenvalue weighted by Gasteiger charge is 2.17. The van der Waals surface area contributed by atoms with E-state index >= 15 is 0 Å². The molecule has 1 unspecified atom stereocenters. The highest BCUT2D eigenvalue weighted by atomic mass is 16.7. The highest BCUT2D eigenvalue weighted by Crippen LogP contribution is 2.22. The topological polar surface area (TPSA) is 18.5 Å². The van der Waals surface area contributed by atoms with Gasteiger partial charge in [0.15, 0.2) is 6.29 Å². The van der Waals surface area contributed by atoms with Crippen LogP contribution in [-0.2, 0) is 9.47 Å². The molecule has 2 nitrogen and oxygen atoms in total. The minimum atomic E-state index is -0.170. The van der Waals surface area contributed by atoms with Gasteiger partial charge in [-0.1, -0.05) is 36.8 Å². The number of rotatable bonds is 4. The van der Waals surface area contributed by atoms with Gasteiger partial charge < -0.3 is 9.47 Å². The van der Waals surface area contributed by atoms with Crippen LogP contribution in [0.15, 0.2) is 24.3 Å². The maximum atomic E-state index is 5.23. The fraction of sp³-hybridized carbons (Fsp3) is 0.500. The van der Waals surface area contributed by atoms with Gasteiger partial charge in [-0.05, 0) is 12.5 Å². The summed E-state index contributed by atoms with van der Waals surface area (Å²) in [6, 6.07) is 8.41. The van der Waals surface area contributed by atoms with Crippen LogP contribution in [0.4, 0.5) is 0 Å². The van der Waals surface area contributed by atoms with E-state index in [1.165, 1.54) is 11.1 Å². The van der Waals surface area contributed by atoms with E-state index in [1.54, 1.807) is 14.2 Å². The Hall–Kier alpha value is -0.860.